The summed E-state index contributed by atoms with van der Waals surface area (Å²) in [5, 5.41) is 0. The van der Waals surface area contributed by atoms with Crippen molar-refractivity contribution >= 4 is 26.7 Å². The highest BCUT2D eigenvalue weighted by Crippen LogP contribution is 2.36. The molecule has 0 N–H and O–H groups in total. The number of amides is 1. The van der Waals surface area contributed by atoms with Crippen LogP contribution in [0.2, 0.25) is 0 Å². The predicted molar refractivity (Wildman–Crippen MR) is 124 cm³/mol. The van der Waals surface area contributed by atoms with E-state index in [2.05, 4.69) is 14.2 Å². The van der Waals surface area contributed by atoms with Crippen LogP contribution in [-0.2, 0) is 14.8 Å². The van der Waals surface area contributed by atoms with E-state index in [0.717, 1.165) is 49.9 Å². The van der Waals surface area contributed by atoms with Gasteiger partial charge in [-0.15, -0.1) is 4.40 Å². The molecular weight excluding hydrogens is 410 g/mol. The van der Waals surface area contributed by atoms with Crippen molar-refractivity contribution in [2.75, 3.05) is 26.2 Å². The number of carbonyl (C=O) groups is 1. The third-order valence-electron chi connectivity index (χ3n) is 6.74. The Morgan fingerprint density at radius 2 is 1.61 bits per heavy atom. The molecule has 0 unspecified atom stereocenters. The SMILES string of the molecule is CCC1=C(c2ccc(C)cc2)S(=O)(=O)N=C1N1CCC(C(=O)N2CCCCCC2)CC1. The molecule has 3 aliphatic heterocycles. The van der Waals surface area contributed by atoms with Gasteiger partial charge in [0.25, 0.3) is 10.0 Å². The molecule has 0 aliphatic carbocycles. The van der Waals surface area contributed by atoms with E-state index in [-0.39, 0.29) is 11.8 Å². The number of amidine groups is 1. The standard InChI is InChI=1S/C24H33N3O3S/c1-3-21-22(19-10-8-18(2)9-11-19)31(29,30)25-23(21)26-16-12-20(13-17-26)24(28)27-14-6-4-5-7-15-27/h8-11,20H,3-7,12-17H2,1-2H3. The molecule has 0 aromatic heterocycles. The van der Waals surface area contributed by atoms with Gasteiger partial charge in [0.15, 0.2) is 0 Å². The molecule has 6 nitrogen and oxygen atoms in total. The van der Waals surface area contributed by atoms with E-state index in [1.54, 1.807) is 0 Å². The van der Waals surface area contributed by atoms with E-state index in [1.807, 2.05) is 38.1 Å². The van der Waals surface area contributed by atoms with Gasteiger partial charge in [-0.1, -0.05) is 49.6 Å². The van der Waals surface area contributed by atoms with Gasteiger partial charge in [-0.3, -0.25) is 4.79 Å². The molecule has 1 aromatic carbocycles. The second kappa shape index (κ2) is 9.15. The van der Waals surface area contributed by atoms with Crippen molar-refractivity contribution < 1.29 is 13.2 Å². The van der Waals surface area contributed by atoms with Gasteiger partial charge < -0.3 is 9.80 Å². The summed E-state index contributed by atoms with van der Waals surface area (Å²) in [6, 6.07) is 7.59. The number of hydrogen-bond donors (Lipinski definition) is 0. The molecule has 1 aromatic rings. The Bertz CT molecular complexity index is 979. The summed E-state index contributed by atoms with van der Waals surface area (Å²) in [6.07, 6.45) is 6.75. The van der Waals surface area contributed by atoms with Gasteiger partial charge >= 0.3 is 0 Å². The summed E-state index contributed by atoms with van der Waals surface area (Å²) >= 11 is 0. The summed E-state index contributed by atoms with van der Waals surface area (Å²) in [5.41, 5.74) is 2.59. The van der Waals surface area contributed by atoms with Crippen LogP contribution in [0.3, 0.4) is 0 Å². The van der Waals surface area contributed by atoms with Gasteiger partial charge in [-0.05, 0) is 44.6 Å². The van der Waals surface area contributed by atoms with Gasteiger partial charge in [-0.25, -0.2) is 0 Å². The van der Waals surface area contributed by atoms with Crippen molar-refractivity contribution in [3.8, 4) is 0 Å². The van der Waals surface area contributed by atoms with Crippen LogP contribution in [-0.4, -0.2) is 56.1 Å². The average molecular weight is 444 g/mol. The van der Waals surface area contributed by atoms with E-state index in [0.29, 0.717) is 35.8 Å². The summed E-state index contributed by atoms with van der Waals surface area (Å²) in [4.78, 5) is 17.5. The molecule has 0 atom stereocenters. The number of aryl methyl sites for hydroxylation is 1. The van der Waals surface area contributed by atoms with Crippen molar-refractivity contribution in [1.29, 1.82) is 0 Å². The zero-order chi connectivity index (χ0) is 22.0. The third-order valence-corrected chi connectivity index (χ3v) is 8.15. The van der Waals surface area contributed by atoms with Gasteiger partial charge in [0.1, 0.15) is 10.7 Å². The van der Waals surface area contributed by atoms with E-state index in [1.165, 1.54) is 12.8 Å². The fourth-order valence-corrected chi connectivity index (χ4v) is 6.48. The Labute approximate surface area is 186 Å². The zero-order valence-electron chi connectivity index (χ0n) is 18.6. The van der Waals surface area contributed by atoms with Crippen LogP contribution in [0, 0.1) is 12.8 Å². The van der Waals surface area contributed by atoms with E-state index in [9.17, 15) is 13.2 Å². The molecule has 4 rings (SSSR count). The highest BCUT2D eigenvalue weighted by Gasteiger charge is 2.37. The lowest BCUT2D eigenvalue weighted by Crippen LogP contribution is -2.44. The van der Waals surface area contributed by atoms with Crippen LogP contribution in [0.5, 0.6) is 0 Å². The van der Waals surface area contributed by atoms with Crippen LogP contribution in [0.4, 0.5) is 0 Å². The number of carbonyl (C=O) groups excluding carboxylic acids is 1. The van der Waals surface area contributed by atoms with E-state index < -0.39 is 10.0 Å². The minimum absolute atomic E-state index is 0.0404. The average Bonchev–Trinajstić information content (AvgIpc) is 2.92. The van der Waals surface area contributed by atoms with Crippen LogP contribution in [0.25, 0.3) is 4.91 Å². The summed E-state index contributed by atoms with van der Waals surface area (Å²) in [5.74, 6) is 0.909. The normalized spacial score (nSPS) is 22.5. The van der Waals surface area contributed by atoms with Crippen molar-refractivity contribution in [3.05, 3.63) is 41.0 Å². The van der Waals surface area contributed by atoms with Crippen molar-refractivity contribution in [2.24, 2.45) is 10.3 Å². The fourth-order valence-electron chi connectivity index (χ4n) is 4.95. The van der Waals surface area contributed by atoms with Gasteiger partial charge in [-0.2, -0.15) is 8.42 Å². The first-order chi connectivity index (χ1) is 14.9. The number of likely N-dealkylation sites (tertiary alicyclic amines) is 2. The summed E-state index contributed by atoms with van der Waals surface area (Å²) in [7, 11) is -3.71. The quantitative estimate of drug-likeness (QED) is 0.709. The van der Waals surface area contributed by atoms with Gasteiger partial charge in [0.2, 0.25) is 5.91 Å². The zero-order valence-corrected chi connectivity index (χ0v) is 19.5. The molecular formula is C24H33N3O3S. The van der Waals surface area contributed by atoms with Crippen LogP contribution in [0.1, 0.15) is 63.0 Å². The lowest BCUT2D eigenvalue weighted by atomic mass is 9.94. The number of rotatable bonds is 3. The van der Waals surface area contributed by atoms with Gasteiger partial charge in [0, 0.05) is 37.7 Å². The largest absolute Gasteiger partial charge is 0.356 e. The topological polar surface area (TPSA) is 70.0 Å². The second-order valence-corrected chi connectivity index (χ2v) is 10.5. The smallest absolute Gasteiger partial charge is 0.285 e. The maximum Gasteiger partial charge on any atom is 0.285 e. The van der Waals surface area contributed by atoms with Crippen LogP contribution >= 0.6 is 0 Å². The van der Waals surface area contributed by atoms with E-state index >= 15 is 0 Å². The molecule has 2 fully saturated rings. The molecule has 3 aliphatic rings. The lowest BCUT2D eigenvalue weighted by molar-refractivity contribution is -0.136. The number of nitrogens with zero attached hydrogens (tertiary/aromatic N) is 3. The Kier molecular flexibility index (Phi) is 6.51. The predicted octanol–water partition coefficient (Wildman–Crippen LogP) is 3.97. The summed E-state index contributed by atoms with van der Waals surface area (Å²) < 4.78 is 30.1. The minimum Gasteiger partial charge on any atom is -0.356 e. The molecule has 1 amide bonds. The highest BCUT2D eigenvalue weighted by atomic mass is 32.2. The molecule has 168 valence electrons. The van der Waals surface area contributed by atoms with Crippen molar-refractivity contribution in [3.63, 3.8) is 0 Å². The fraction of sp³-hybridized carbons (Fsp3) is 0.583. The summed E-state index contributed by atoms with van der Waals surface area (Å²) in [6.45, 7) is 7.07. The number of piperidine rings is 1. The molecule has 7 heteroatoms. The van der Waals surface area contributed by atoms with Crippen LogP contribution < -0.4 is 0 Å². The van der Waals surface area contributed by atoms with Crippen molar-refractivity contribution in [2.45, 2.75) is 58.8 Å². The molecule has 31 heavy (non-hydrogen) atoms. The first kappa shape index (κ1) is 22.1. The highest BCUT2D eigenvalue weighted by molar-refractivity contribution is 8.00. The second-order valence-electron chi connectivity index (χ2n) is 8.92. The molecule has 0 saturated carbocycles. The number of benzene rings is 1. The maximum absolute atomic E-state index is 13.0. The monoisotopic (exact) mass is 443 g/mol. The maximum atomic E-state index is 13.0. The number of hydrogen-bond acceptors (Lipinski definition) is 4. The van der Waals surface area contributed by atoms with Crippen molar-refractivity contribution in [1.82, 2.24) is 9.80 Å². The Morgan fingerprint density at radius 1 is 1.00 bits per heavy atom. The lowest BCUT2D eigenvalue weighted by Gasteiger charge is -2.35. The Balaban J connectivity index is 1.50. The Hall–Kier alpha value is -2.15. The Morgan fingerprint density at radius 3 is 2.19 bits per heavy atom. The number of sulfonamides is 1. The minimum atomic E-state index is -3.71. The van der Waals surface area contributed by atoms with Gasteiger partial charge in [0.05, 0.1) is 0 Å². The molecule has 3 heterocycles. The van der Waals surface area contributed by atoms with Crippen LogP contribution in [0.15, 0.2) is 34.2 Å². The molecule has 0 radical (unpaired) electrons. The first-order valence-electron chi connectivity index (χ1n) is 11.6. The third kappa shape index (κ3) is 4.56. The molecule has 0 spiro atoms. The molecule has 2 saturated heterocycles. The molecule has 0 bridgehead atoms. The van der Waals surface area contributed by atoms with E-state index in [4.69, 9.17) is 0 Å². The first-order valence-corrected chi connectivity index (χ1v) is 13.0.